The van der Waals surface area contributed by atoms with Gasteiger partial charge in [-0.25, -0.2) is 4.98 Å². The Morgan fingerprint density at radius 3 is 2.78 bits per heavy atom. The molecule has 1 saturated carbocycles. The lowest BCUT2D eigenvalue weighted by Gasteiger charge is -2.30. The van der Waals surface area contributed by atoms with Gasteiger partial charge in [-0.1, -0.05) is 54.5 Å². The van der Waals surface area contributed by atoms with Crippen molar-refractivity contribution < 1.29 is 23.8 Å². The lowest BCUT2D eigenvalue weighted by atomic mass is 9.84. The standard InChI is InChI=1S/C28H30N2O5S/c1-2-33-27(32)21-10-6-7-11-22(21)30-26(31)25-17-29-28(36-25)34-20-13-15-24-19(16-20)12-14-23(35-24)18-8-4-3-5-9-18/h3-5,8-9,13,15-17,21-23H,2,6-7,10-12,14H2,1H3,(H,30,31)/t21-,22+,23?/m1/s1. The fraction of sp³-hybridized carbons (Fsp3) is 0.393. The molecule has 2 aromatic carbocycles. The number of amides is 1. The molecule has 0 saturated heterocycles. The van der Waals surface area contributed by atoms with Gasteiger partial charge in [-0.15, -0.1) is 0 Å². The molecule has 1 aliphatic carbocycles. The fourth-order valence-electron chi connectivity index (χ4n) is 4.92. The van der Waals surface area contributed by atoms with E-state index in [4.69, 9.17) is 14.2 Å². The number of carbonyl (C=O) groups excluding carboxylic acids is 2. The van der Waals surface area contributed by atoms with E-state index in [9.17, 15) is 9.59 Å². The van der Waals surface area contributed by atoms with Gasteiger partial charge in [0.25, 0.3) is 11.1 Å². The Labute approximate surface area is 214 Å². The second-order valence-electron chi connectivity index (χ2n) is 9.14. The Bertz CT molecular complexity index is 1210. The van der Waals surface area contributed by atoms with Crippen molar-refractivity contribution >= 4 is 23.2 Å². The van der Waals surface area contributed by atoms with Crippen molar-refractivity contribution in [3.8, 4) is 16.7 Å². The maximum Gasteiger partial charge on any atom is 0.311 e. The maximum absolute atomic E-state index is 12.9. The van der Waals surface area contributed by atoms with Gasteiger partial charge in [-0.05, 0) is 61.9 Å². The maximum atomic E-state index is 12.9. The zero-order valence-electron chi connectivity index (χ0n) is 20.3. The van der Waals surface area contributed by atoms with Gasteiger partial charge in [-0.2, -0.15) is 0 Å². The molecular formula is C28H30N2O5S. The average molecular weight is 507 g/mol. The zero-order chi connectivity index (χ0) is 24.9. The number of nitrogens with one attached hydrogen (secondary N) is 1. The molecule has 0 bridgehead atoms. The van der Waals surface area contributed by atoms with Crippen LogP contribution in [-0.4, -0.2) is 29.5 Å². The summed E-state index contributed by atoms with van der Waals surface area (Å²) in [4.78, 5) is 29.9. The van der Waals surface area contributed by atoms with E-state index in [1.165, 1.54) is 23.1 Å². The average Bonchev–Trinajstić information content (AvgIpc) is 3.38. The molecule has 1 aromatic heterocycles. The van der Waals surface area contributed by atoms with E-state index in [1.54, 1.807) is 6.92 Å². The number of nitrogens with zero attached hydrogens (tertiary/aromatic N) is 1. The first-order valence-corrected chi connectivity index (χ1v) is 13.4. The molecule has 1 N–H and O–H groups in total. The van der Waals surface area contributed by atoms with Crippen molar-refractivity contribution in [3.63, 3.8) is 0 Å². The minimum absolute atomic E-state index is 0.0538. The first-order valence-electron chi connectivity index (χ1n) is 12.6. The van der Waals surface area contributed by atoms with Crippen LogP contribution in [0.25, 0.3) is 0 Å². The molecule has 5 rings (SSSR count). The van der Waals surface area contributed by atoms with Crippen molar-refractivity contribution in [2.75, 3.05) is 6.61 Å². The number of hydrogen-bond acceptors (Lipinski definition) is 7. The van der Waals surface area contributed by atoms with Crippen LogP contribution in [0.2, 0.25) is 0 Å². The molecule has 7 nitrogen and oxygen atoms in total. The normalized spacial score (nSPS) is 21.1. The van der Waals surface area contributed by atoms with Crippen molar-refractivity contribution in [1.82, 2.24) is 10.3 Å². The third-order valence-electron chi connectivity index (χ3n) is 6.73. The minimum atomic E-state index is -0.300. The van der Waals surface area contributed by atoms with Crippen LogP contribution in [0.4, 0.5) is 0 Å². The molecule has 0 spiro atoms. The number of ether oxygens (including phenoxy) is 3. The summed E-state index contributed by atoms with van der Waals surface area (Å²) in [6.07, 6.45) is 6.80. The first-order chi connectivity index (χ1) is 17.6. The predicted molar refractivity (Wildman–Crippen MR) is 137 cm³/mol. The Hall–Kier alpha value is -3.39. The number of thiazole rings is 1. The van der Waals surface area contributed by atoms with Crippen LogP contribution in [-0.2, 0) is 16.0 Å². The second kappa shape index (κ2) is 11.1. The molecule has 36 heavy (non-hydrogen) atoms. The van der Waals surface area contributed by atoms with Gasteiger partial charge >= 0.3 is 5.97 Å². The van der Waals surface area contributed by atoms with Gasteiger partial charge < -0.3 is 19.5 Å². The third kappa shape index (κ3) is 5.54. The van der Waals surface area contributed by atoms with Gasteiger partial charge in [0.1, 0.15) is 22.5 Å². The van der Waals surface area contributed by atoms with Gasteiger partial charge in [0.15, 0.2) is 0 Å². The molecule has 1 aliphatic heterocycles. The molecule has 1 fully saturated rings. The predicted octanol–water partition coefficient (Wildman–Crippen LogP) is 5.85. The molecule has 1 amide bonds. The van der Waals surface area contributed by atoms with Gasteiger partial charge in [0.05, 0.1) is 18.7 Å². The third-order valence-corrected chi connectivity index (χ3v) is 7.61. The smallest absolute Gasteiger partial charge is 0.311 e. The highest BCUT2D eigenvalue weighted by molar-refractivity contribution is 7.15. The largest absolute Gasteiger partial charge is 0.485 e. The van der Waals surface area contributed by atoms with Crippen molar-refractivity contribution in [1.29, 1.82) is 0 Å². The number of fused-ring (bicyclic) bond motifs is 1. The van der Waals surface area contributed by atoms with E-state index < -0.39 is 0 Å². The number of aryl methyl sites for hydroxylation is 1. The van der Waals surface area contributed by atoms with Gasteiger partial charge in [0, 0.05) is 6.04 Å². The molecule has 3 atom stereocenters. The summed E-state index contributed by atoms with van der Waals surface area (Å²) in [7, 11) is 0. The molecule has 3 aromatic rings. The fourth-order valence-corrected chi connectivity index (χ4v) is 5.60. The number of esters is 1. The SMILES string of the molecule is CCOC(=O)[C@@H]1CCCC[C@@H]1NC(=O)c1cnc(Oc2ccc3c(c2)CCC(c2ccccc2)O3)s1. The second-order valence-corrected chi connectivity index (χ2v) is 10.1. The van der Waals surface area contributed by atoms with E-state index in [0.29, 0.717) is 22.4 Å². The summed E-state index contributed by atoms with van der Waals surface area (Å²) in [5, 5.41) is 3.41. The number of benzene rings is 2. The first kappa shape index (κ1) is 24.3. The number of carbonyl (C=O) groups is 2. The van der Waals surface area contributed by atoms with Crippen molar-refractivity contribution in [3.05, 3.63) is 70.7 Å². The van der Waals surface area contributed by atoms with Gasteiger partial charge in [0.2, 0.25) is 0 Å². The number of rotatable bonds is 7. The highest BCUT2D eigenvalue weighted by Gasteiger charge is 2.33. The molecule has 0 radical (unpaired) electrons. The lowest BCUT2D eigenvalue weighted by Crippen LogP contribution is -2.45. The summed E-state index contributed by atoms with van der Waals surface area (Å²) in [6.45, 7) is 2.14. The Balaban J connectivity index is 1.21. The lowest BCUT2D eigenvalue weighted by molar-refractivity contribution is -0.150. The van der Waals surface area contributed by atoms with Crippen LogP contribution in [0.5, 0.6) is 16.7 Å². The van der Waals surface area contributed by atoms with Crippen LogP contribution in [0.1, 0.15) is 65.9 Å². The Kier molecular flexibility index (Phi) is 7.51. The highest BCUT2D eigenvalue weighted by Crippen LogP contribution is 2.38. The van der Waals surface area contributed by atoms with Crippen LogP contribution in [0.3, 0.4) is 0 Å². The number of hydrogen-bond donors (Lipinski definition) is 1. The van der Waals surface area contributed by atoms with Crippen LogP contribution in [0, 0.1) is 5.92 Å². The van der Waals surface area contributed by atoms with Crippen LogP contribution >= 0.6 is 11.3 Å². The van der Waals surface area contributed by atoms with E-state index in [0.717, 1.165) is 49.8 Å². The minimum Gasteiger partial charge on any atom is -0.485 e. The number of aromatic nitrogens is 1. The Morgan fingerprint density at radius 2 is 1.94 bits per heavy atom. The van der Waals surface area contributed by atoms with Crippen LogP contribution < -0.4 is 14.8 Å². The summed E-state index contributed by atoms with van der Waals surface area (Å²) < 4.78 is 17.4. The van der Waals surface area contributed by atoms with E-state index >= 15 is 0 Å². The summed E-state index contributed by atoms with van der Waals surface area (Å²) in [5.74, 6) is 0.749. The van der Waals surface area contributed by atoms with E-state index in [1.807, 2.05) is 36.4 Å². The van der Waals surface area contributed by atoms with Crippen molar-refractivity contribution in [2.45, 2.75) is 57.6 Å². The molecule has 8 heteroatoms. The summed E-state index contributed by atoms with van der Waals surface area (Å²) in [6, 6.07) is 15.8. The monoisotopic (exact) mass is 506 g/mol. The highest BCUT2D eigenvalue weighted by atomic mass is 32.1. The van der Waals surface area contributed by atoms with Crippen LogP contribution in [0.15, 0.2) is 54.7 Å². The molecule has 2 aliphatic rings. The summed E-state index contributed by atoms with van der Waals surface area (Å²) >= 11 is 1.19. The molecule has 2 heterocycles. The zero-order valence-corrected chi connectivity index (χ0v) is 21.1. The van der Waals surface area contributed by atoms with E-state index in [2.05, 4.69) is 22.4 Å². The van der Waals surface area contributed by atoms with Crippen molar-refractivity contribution in [2.24, 2.45) is 5.92 Å². The molecule has 1 unspecified atom stereocenters. The molecular weight excluding hydrogens is 476 g/mol. The van der Waals surface area contributed by atoms with Gasteiger partial charge in [-0.3, -0.25) is 9.59 Å². The summed E-state index contributed by atoms with van der Waals surface area (Å²) in [5.41, 5.74) is 2.27. The van der Waals surface area contributed by atoms with E-state index in [-0.39, 0.29) is 29.9 Å². The quantitative estimate of drug-likeness (QED) is 0.404. The Morgan fingerprint density at radius 1 is 1.11 bits per heavy atom. The topological polar surface area (TPSA) is 86.8 Å². The molecule has 188 valence electrons.